The zero-order valence-corrected chi connectivity index (χ0v) is 19.8. The first-order valence-corrected chi connectivity index (χ1v) is 11.6. The molecule has 7 heteroatoms. The number of ketones is 1. The molecule has 174 valence electrons. The average molecular weight is 435 g/mol. The predicted molar refractivity (Wildman–Crippen MR) is 120 cm³/mol. The van der Waals surface area contributed by atoms with Crippen molar-refractivity contribution < 1.29 is 23.9 Å². The predicted octanol–water partition coefficient (Wildman–Crippen LogP) is 3.93. The highest BCUT2D eigenvalue weighted by molar-refractivity contribution is 6.04. The minimum absolute atomic E-state index is 0.0115. The maximum absolute atomic E-state index is 13.4. The highest BCUT2D eigenvalue weighted by Gasteiger charge is 2.31. The SMILES string of the molecule is CCOCCCN(CC(=O)c1c(C)c(C(=O)OCC)n(CC)c1C)C(=O)C1CCCC1. The van der Waals surface area contributed by atoms with Crippen molar-refractivity contribution in [3.63, 3.8) is 0 Å². The quantitative estimate of drug-likeness (QED) is 0.283. The van der Waals surface area contributed by atoms with Gasteiger partial charge in [-0.25, -0.2) is 4.79 Å². The van der Waals surface area contributed by atoms with E-state index in [1.807, 2.05) is 25.3 Å². The van der Waals surface area contributed by atoms with E-state index in [0.717, 1.165) is 31.4 Å². The summed E-state index contributed by atoms with van der Waals surface area (Å²) in [5, 5.41) is 0. The van der Waals surface area contributed by atoms with Gasteiger partial charge in [0.1, 0.15) is 5.69 Å². The van der Waals surface area contributed by atoms with Gasteiger partial charge < -0.3 is 18.9 Å². The summed E-state index contributed by atoms with van der Waals surface area (Å²) in [6, 6.07) is 0. The lowest BCUT2D eigenvalue weighted by atomic mass is 10.0. The van der Waals surface area contributed by atoms with E-state index in [-0.39, 0.29) is 30.8 Å². The number of Topliss-reactive ketones (excluding diaryl/α,β-unsaturated/α-hetero) is 1. The fourth-order valence-electron chi connectivity index (χ4n) is 4.62. The number of carbonyl (C=O) groups excluding carboxylic acids is 3. The van der Waals surface area contributed by atoms with Crippen LogP contribution in [0.4, 0.5) is 0 Å². The molecule has 0 bridgehead atoms. The summed E-state index contributed by atoms with van der Waals surface area (Å²) in [4.78, 5) is 40.7. The van der Waals surface area contributed by atoms with E-state index in [4.69, 9.17) is 9.47 Å². The molecule has 1 aromatic rings. The lowest BCUT2D eigenvalue weighted by molar-refractivity contribution is -0.135. The number of rotatable bonds is 12. The second kappa shape index (κ2) is 12.0. The Balaban J connectivity index is 2.27. The number of carbonyl (C=O) groups is 3. The zero-order valence-electron chi connectivity index (χ0n) is 19.8. The molecule has 0 aromatic carbocycles. The van der Waals surface area contributed by atoms with Gasteiger partial charge in [0.05, 0.1) is 13.2 Å². The number of amides is 1. The Bertz CT molecular complexity index is 777. The monoisotopic (exact) mass is 434 g/mol. The number of hydrogen-bond donors (Lipinski definition) is 0. The van der Waals surface area contributed by atoms with E-state index in [9.17, 15) is 14.4 Å². The van der Waals surface area contributed by atoms with Gasteiger partial charge in [-0.3, -0.25) is 9.59 Å². The maximum Gasteiger partial charge on any atom is 0.355 e. The Kier molecular flexibility index (Phi) is 9.75. The van der Waals surface area contributed by atoms with E-state index >= 15 is 0 Å². The summed E-state index contributed by atoms with van der Waals surface area (Å²) in [7, 11) is 0. The molecule has 1 fully saturated rings. The average Bonchev–Trinajstić information content (AvgIpc) is 3.36. The largest absolute Gasteiger partial charge is 0.461 e. The van der Waals surface area contributed by atoms with Gasteiger partial charge in [-0.2, -0.15) is 0 Å². The van der Waals surface area contributed by atoms with E-state index < -0.39 is 5.97 Å². The molecule has 7 nitrogen and oxygen atoms in total. The summed E-state index contributed by atoms with van der Waals surface area (Å²) in [6.45, 7) is 11.8. The van der Waals surface area contributed by atoms with Crippen LogP contribution >= 0.6 is 0 Å². The normalized spacial score (nSPS) is 14.1. The first kappa shape index (κ1) is 25.1. The minimum Gasteiger partial charge on any atom is -0.461 e. The third-order valence-corrected chi connectivity index (χ3v) is 6.10. The van der Waals surface area contributed by atoms with Crippen LogP contribution in [0.5, 0.6) is 0 Å². The third-order valence-electron chi connectivity index (χ3n) is 6.10. The van der Waals surface area contributed by atoms with Crippen LogP contribution in [0.25, 0.3) is 0 Å². The van der Waals surface area contributed by atoms with E-state index in [0.29, 0.717) is 49.5 Å². The van der Waals surface area contributed by atoms with Crippen LogP contribution in [0.3, 0.4) is 0 Å². The number of nitrogens with zero attached hydrogens (tertiary/aromatic N) is 2. The Morgan fingerprint density at radius 3 is 2.32 bits per heavy atom. The smallest absolute Gasteiger partial charge is 0.355 e. The molecule has 1 aliphatic rings. The standard InChI is InChI=1S/C24H38N2O5/c1-6-26-18(5)21(17(4)22(26)24(29)31-8-3)20(27)16-25(14-11-15-30-7-2)23(28)19-12-9-10-13-19/h19H,6-16H2,1-5H3. The number of esters is 1. The second-order valence-electron chi connectivity index (χ2n) is 8.11. The van der Waals surface area contributed by atoms with Crippen LogP contribution in [0.15, 0.2) is 0 Å². The molecule has 0 aliphatic heterocycles. The van der Waals surface area contributed by atoms with Crippen molar-refractivity contribution in [2.45, 2.75) is 73.3 Å². The highest BCUT2D eigenvalue weighted by atomic mass is 16.5. The van der Waals surface area contributed by atoms with Gasteiger partial charge in [-0.1, -0.05) is 12.8 Å². The van der Waals surface area contributed by atoms with Crippen LogP contribution in [-0.2, 0) is 20.8 Å². The molecule has 2 rings (SSSR count). The molecule has 31 heavy (non-hydrogen) atoms. The molecule has 0 N–H and O–H groups in total. The van der Waals surface area contributed by atoms with Crippen LogP contribution in [0, 0.1) is 19.8 Å². The fourth-order valence-corrected chi connectivity index (χ4v) is 4.62. The van der Waals surface area contributed by atoms with Gasteiger partial charge in [-0.15, -0.1) is 0 Å². The first-order chi connectivity index (χ1) is 14.9. The van der Waals surface area contributed by atoms with Crippen LogP contribution in [0.2, 0.25) is 0 Å². The second-order valence-corrected chi connectivity index (χ2v) is 8.11. The van der Waals surface area contributed by atoms with Gasteiger partial charge in [0.25, 0.3) is 0 Å². The molecule has 0 unspecified atom stereocenters. The topological polar surface area (TPSA) is 77.8 Å². The van der Waals surface area contributed by atoms with E-state index in [1.165, 1.54) is 0 Å². The van der Waals surface area contributed by atoms with Crippen LogP contribution in [0.1, 0.15) is 85.0 Å². The Morgan fingerprint density at radius 2 is 1.74 bits per heavy atom. The number of hydrogen-bond acceptors (Lipinski definition) is 5. The van der Waals surface area contributed by atoms with Crippen LogP contribution < -0.4 is 0 Å². The van der Waals surface area contributed by atoms with E-state index in [1.54, 1.807) is 18.7 Å². The summed E-state index contributed by atoms with van der Waals surface area (Å²) in [5.74, 6) is -0.467. The number of aromatic nitrogens is 1. The zero-order chi connectivity index (χ0) is 23.0. The van der Waals surface area contributed by atoms with E-state index in [2.05, 4.69) is 0 Å². The molecular formula is C24H38N2O5. The Hall–Kier alpha value is -2.15. The van der Waals surface area contributed by atoms with Crippen molar-refractivity contribution in [1.29, 1.82) is 0 Å². The molecule has 0 spiro atoms. The lowest BCUT2D eigenvalue weighted by Crippen LogP contribution is -2.40. The van der Waals surface area contributed by atoms with Gasteiger partial charge in [0.15, 0.2) is 5.78 Å². The number of ether oxygens (including phenoxy) is 2. The van der Waals surface area contributed by atoms with Crippen molar-refractivity contribution in [2.24, 2.45) is 5.92 Å². The van der Waals surface area contributed by atoms with Crippen molar-refractivity contribution in [3.05, 3.63) is 22.5 Å². The molecule has 0 atom stereocenters. The molecule has 1 amide bonds. The van der Waals surface area contributed by atoms with Gasteiger partial charge >= 0.3 is 5.97 Å². The van der Waals surface area contributed by atoms with Gasteiger partial charge in [-0.05, 0) is 59.4 Å². The molecule has 1 aromatic heterocycles. The summed E-state index contributed by atoms with van der Waals surface area (Å²) in [6.07, 6.45) is 4.62. The van der Waals surface area contributed by atoms with Crippen molar-refractivity contribution in [1.82, 2.24) is 9.47 Å². The van der Waals surface area contributed by atoms with Crippen molar-refractivity contribution in [3.8, 4) is 0 Å². The molecule has 0 radical (unpaired) electrons. The summed E-state index contributed by atoms with van der Waals surface area (Å²) < 4.78 is 12.5. The first-order valence-electron chi connectivity index (χ1n) is 11.6. The fraction of sp³-hybridized carbons (Fsp3) is 0.708. The van der Waals surface area contributed by atoms with Gasteiger partial charge in [0.2, 0.25) is 5.91 Å². The van der Waals surface area contributed by atoms with Gasteiger partial charge in [0, 0.05) is 43.5 Å². The maximum atomic E-state index is 13.4. The molecule has 0 saturated heterocycles. The lowest BCUT2D eigenvalue weighted by Gasteiger charge is -2.25. The third kappa shape index (κ3) is 5.97. The van der Waals surface area contributed by atoms with Crippen LogP contribution in [-0.4, -0.2) is 60.0 Å². The van der Waals surface area contributed by atoms with Crippen molar-refractivity contribution >= 4 is 17.7 Å². The summed E-state index contributed by atoms with van der Waals surface area (Å²) in [5.41, 5.74) is 2.33. The highest BCUT2D eigenvalue weighted by Crippen LogP contribution is 2.28. The molecule has 1 saturated carbocycles. The van der Waals surface area contributed by atoms with Crippen molar-refractivity contribution in [2.75, 3.05) is 32.9 Å². The molecular weight excluding hydrogens is 396 g/mol. The molecule has 1 heterocycles. The Labute approximate surface area is 186 Å². The Morgan fingerprint density at radius 1 is 1.06 bits per heavy atom. The minimum atomic E-state index is -0.417. The summed E-state index contributed by atoms with van der Waals surface area (Å²) >= 11 is 0. The molecule has 1 aliphatic carbocycles.